The topological polar surface area (TPSA) is 29.0 Å². The van der Waals surface area contributed by atoms with Gasteiger partial charge < -0.3 is 4.90 Å². The third-order valence-corrected chi connectivity index (χ3v) is 5.29. The van der Waals surface area contributed by atoms with Crippen molar-refractivity contribution in [3.8, 4) is 0 Å². The molecule has 2 heterocycles. The second-order valence-corrected chi connectivity index (χ2v) is 7.11. The molecule has 0 N–H and O–H groups in total. The lowest BCUT2D eigenvalue weighted by atomic mass is 9.93. The van der Waals surface area contributed by atoms with Crippen molar-refractivity contribution in [3.05, 3.63) is 51.8 Å². The first-order chi connectivity index (χ1) is 13.1. The van der Waals surface area contributed by atoms with Gasteiger partial charge in [0.15, 0.2) is 5.69 Å². The first-order valence-electron chi connectivity index (χ1n) is 9.04. The van der Waals surface area contributed by atoms with Crippen molar-refractivity contribution in [2.75, 3.05) is 11.4 Å². The highest BCUT2D eigenvalue weighted by atomic mass is 19.4. The number of benzene rings is 1. The molecule has 0 atom stereocenters. The standard InChI is InChI=1S/C19H17F6N3/c20-18(21,22)14-6-3-4-11-10-28(9-8-12(11)14)17-26-15-7-2-1-5-13(15)16(27-17)19(23,24)25/h3-4,6H,1-2,5,7-10H2. The minimum atomic E-state index is -4.59. The third kappa shape index (κ3) is 3.42. The number of hydrogen-bond acceptors (Lipinski definition) is 3. The van der Waals surface area contributed by atoms with E-state index in [9.17, 15) is 26.3 Å². The average molecular weight is 401 g/mol. The normalized spacial score (nSPS) is 17.3. The van der Waals surface area contributed by atoms with Crippen molar-refractivity contribution in [2.24, 2.45) is 0 Å². The summed E-state index contributed by atoms with van der Waals surface area (Å²) in [4.78, 5) is 9.67. The van der Waals surface area contributed by atoms with E-state index in [1.165, 1.54) is 11.0 Å². The summed E-state index contributed by atoms with van der Waals surface area (Å²) in [6, 6.07) is 3.92. The zero-order valence-corrected chi connectivity index (χ0v) is 14.8. The lowest BCUT2D eigenvalue weighted by Gasteiger charge is -2.32. The van der Waals surface area contributed by atoms with E-state index in [2.05, 4.69) is 9.97 Å². The molecule has 0 saturated carbocycles. The number of fused-ring (bicyclic) bond motifs is 2. The molecule has 150 valence electrons. The first-order valence-corrected chi connectivity index (χ1v) is 9.04. The van der Waals surface area contributed by atoms with Gasteiger partial charge in [-0.2, -0.15) is 26.3 Å². The van der Waals surface area contributed by atoms with Gasteiger partial charge in [0, 0.05) is 24.3 Å². The number of aryl methyl sites for hydroxylation is 1. The Balaban J connectivity index is 1.72. The zero-order valence-electron chi connectivity index (χ0n) is 14.8. The average Bonchev–Trinajstić information content (AvgIpc) is 2.64. The maximum absolute atomic E-state index is 13.5. The van der Waals surface area contributed by atoms with Gasteiger partial charge in [0.1, 0.15) is 0 Å². The molecule has 0 amide bonds. The Hall–Kier alpha value is -2.32. The smallest absolute Gasteiger partial charge is 0.336 e. The lowest BCUT2D eigenvalue weighted by molar-refractivity contribution is -0.142. The number of nitrogens with zero attached hydrogens (tertiary/aromatic N) is 3. The SMILES string of the molecule is FC(F)(F)c1cccc2c1CCN(c1nc3c(c(C(F)(F)F)n1)CCCC3)C2. The summed E-state index contributed by atoms with van der Waals surface area (Å²) in [6.07, 6.45) is -6.80. The second-order valence-electron chi connectivity index (χ2n) is 7.11. The van der Waals surface area contributed by atoms with E-state index in [-0.39, 0.29) is 36.6 Å². The van der Waals surface area contributed by atoms with E-state index >= 15 is 0 Å². The second kappa shape index (κ2) is 6.63. The van der Waals surface area contributed by atoms with Crippen molar-refractivity contribution >= 4 is 5.95 Å². The monoisotopic (exact) mass is 401 g/mol. The molecule has 0 fully saturated rings. The number of aromatic nitrogens is 2. The fourth-order valence-electron chi connectivity index (χ4n) is 4.00. The minimum absolute atomic E-state index is 0.0509. The summed E-state index contributed by atoms with van der Waals surface area (Å²) in [7, 11) is 0. The molecular weight excluding hydrogens is 384 g/mol. The molecule has 1 aromatic heterocycles. The summed E-state index contributed by atoms with van der Waals surface area (Å²) in [5, 5.41) is 0. The number of halogens is 6. The van der Waals surface area contributed by atoms with Crippen LogP contribution in [0.2, 0.25) is 0 Å². The number of hydrogen-bond donors (Lipinski definition) is 0. The largest absolute Gasteiger partial charge is 0.433 e. The summed E-state index contributed by atoms with van der Waals surface area (Å²) >= 11 is 0. The van der Waals surface area contributed by atoms with Gasteiger partial charge in [0.2, 0.25) is 5.95 Å². The Morgan fingerprint density at radius 2 is 1.57 bits per heavy atom. The Morgan fingerprint density at radius 3 is 2.29 bits per heavy atom. The highest BCUT2D eigenvalue weighted by molar-refractivity contribution is 5.46. The van der Waals surface area contributed by atoms with Gasteiger partial charge in [-0.15, -0.1) is 0 Å². The molecule has 9 heteroatoms. The zero-order chi connectivity index (χ0) is 20.1. The van der Waals surface area contributed by atoms with Crippen molar-refractivity contribution in [3.63, 3.8) is 0 Å². The maximum Gasteiger partial charge on any atom is 0.433 e. The van der Waals surface area contributed by atoms with Crippen LogP contribution in [0.1, 0.15) is 46.5 Å². The Morgan fingerprint density at radius 1 is 0.821 bits per heavy atom. The van der Waals surface area contributed by atoms with Gasteiger partial charge in [-0.1, -0.05) is 12.1 Å². The van der Waals surface area contributed by atoms with Crippen LogP contribution in [-0.4, -0.2) is 16.5 Å². The van der Waals surface area contributed by atoms with Crippen LogP contribution < -0.4 is 4.90 Å². The maximum atomic E-state index is 13.5. The van der Waals surface area contributed by atoms with E-state index in [1.807, 2.05) is 0 Å². The highest BCUT2D eigenvalue weighted by Crippen LogP contribution is 2.38. The molecule has 1 aliphatic heterocycles. The van der Waals surface area contributed by atoms with Gasteiger partial charge in [-0.25, -0.2) is 9.97 Å². The van der Waals surface area contributed by atoms with Gasteiger partial charge in [-0.3, -0.25) is 0 Å². The van der Waals surface area contributed by atoms with Crippen LogP contribution in [0.15, 0.2) is 18.2 Å². The Labute approximate surface area is 157 Å². The van der Waals surface area contributed by atoms with Crippen molar-refractivity contribution in [2.45, 2.75) is 51.0 Å². The molecule has 2 aromatic rings. The highest BCUT2D eigenvalue weighted by Gasteiger charge is 2.39. The summed E-state index contributed by atoms with van der Waals surface area (Å²) in [6.45, 7) is 0.186. The van der Waals surface area contributed by atoms with Crippen LogP contribution >= 0.6 is 0 Å². The van der Waals surface area contributed by atoms with Crippen molar-refractivity contribution in [1.29, 1.82) is 0 Å². The van der Waals surface area contributed by atoms with E-state index in [0.717, 1.165) is 12.5 Å². The van der Waals surface area contributed by atoms with Crippen LogP contribution in [-0.2, 0) is 38.2 Å². The quantitative estimate of drug-likeness (QED) is 0.633. The molecule has 28 heavy (non-hydrogen) atoms. The summed E-state index contributed by atoms with van der Waals surface area (Å²) < 4.78 is 80.2. The molecule has 0 unspecified atom stereocenters. The molecule has 0 radical (unpaired) electrons. The number of alkyl halides is 6. The molecule has 3 nitrogen and oxygen atoms in total. The molecular formula is C19H17F6N3. The summed E-state index contributed by atoms with van der Waals surface area (Å²) in [5.41, 5.74) is -0.414. The third-order valence-electron chi connectivity index (χ3n) is 5.29. The van der Waals surface area contributed by atoms with Crippen LogP contribution in [0.3, 0.4) is 0 Å². The fraction of sp³-hybridized carbons (Fsp3) is 0.474. The first kappa shape index (κ1) is 19.0. The van der Waals surface area contributed by atoms with Gasteiger partial charge in [-0.05, 0) is 49.3 Å². The molecule has 1 aliphatic carbocycles. The van der Waals surface area contributed by atoms with E-state index in [1.54, 1.807) is 6.07 Å². The summed E-state index contributed by atoms with van der Waals surface area (Å²) in [5.74, 6) is -0.0592. The Bertz CT molecular complexity index is 904. The van der Waals surface area contributed by atoms with Gasteiger partial charge in [0.25, 0.3) is 0 Å². The van der Waals surface area contributed by atoms with Crippen LogP contribution in [0.25, 0.3) is 0 Å². The molecule has 2 aliphatic rings. The van der Waals surface area contributed by atoms with E-state index in [0.29, 0.717) is 30.5 Å². The lowest BCUT2D eigenvalue weighted by Crippen LogP contribution is -2.34. The van der Waals surface area contributed by atoms with Crippen LogP contribution in [0.4, 0.5) is 32.3 Å². The molecule has 4 rings (SSSR count). The predicted octanol–water partition coefficient (Wildman–Crippen LogP) is 4.96. The van der Waals surface area contributed by atoms with E-state index in [4.69, 9.17) is 0 Å². The van der Waals surface area contributed by atoms with Crippen LogP contribution in [0.5, 0.6) is 0 Å². The van der Waals surface area contributed by atoms with Gasteiger partial charge >= 0.3 is 12.4 Å². The number of rotatable bonds is 1. The van der Waals surface area contributed by atoms with E-state index < -0.39 is 23.6 Å². The van der Waals surface area contributed by atoms with Gasteiger partial charge in [0.05, 0.1) is 5.56 Å². The van der Waals surface area contributed by atoms with Crippen LogP contribution in [0, 0.1) is 0 Å². The van der Waals surface area contributed by atoms with Crippen molar-refractivity contribution in [1.82, 2.24) is 9.97 Å². The molecule has 1 aromatic carbocycles. The van der Waals surface area contributed by atoms with Crippen molar-refractivity contribution < 1.29 is 26.3 Å². The predicted molar refractivity (Wildman–Crippen MR) is 89.9 cm³/mol. The molecule has 0 bridgehead atoms. The molecule has 0 spiro atoms. The fourth-order valence-corrected chi connectivity index (χ4v) is 4.00. The Kier molecular flexibility index (Phi) is 4.50. The minimum Gasteiger partial charge on any atom is -0.336 e. The number of anilines is 1. The molecule has 0 saturated heterocycles.